The van der Waals surface area contributed by atoms with Crippen molar-refractivity contribution in [2.75, 3.05) is 7.11 Å². The van der Waals surface area contributed by atoms with Crippen LogP contribution in [0.15, 0.2) is 102 Å². The molecule has 3 aromatic carbocycles. The summed E-state index contributed by atoms with van der Waals surface area (Å²) in [5, 5.41) is 0. The highest BCUT2D eigenvalue weighted by Crippen LogP contribution is 2.36. The van der Waals surface area contributed by atoms with Gasteiger partial charge in [0.15, 0.2) is 0 Å². The summed E-state index contributed by atoms with van der Waals surface area (Å²) in [7, 11) is -2.51. The van der Waals surface area contributed by atoms with E-state index >= 15 is 0 Å². The SMILES string of the molecule is COc1ccc(S(=O)(=O)N2C=C[C@@H](c3ccccc3)[C@@H](Cc3ccccc3)C2=O)cc1. The number of benzene rings is 3. The lowest BCUT2D eigenvalue weighted by Gasteiger charge is -2.33. The van der Waals surface area contributed by atoms with E-state index < -0.39 is 21.8 Å². The highest BCUT2D eigenvalue weighted by atomic mass is 32.2. The third-order valence-corrected chi connectivity index (χ3v) is 7.18. The third kappa shape index (κ3) is 4.25. The summed E-state index contributed by atoms with van der Waals surface area (Å²) in [5.74, 6) is -0.638. The van der Waals surface area contributed by atoms with E-state index in [-0.39, 0.29) is 10.8 Å². The molecule has 3 aromatic rings. The number of sulfonamides is 1. The molecule has 1 amide bonds. The molecule has 0 aliphatic carbocycles. The van der Waals surface area contributed by atoms with E-state index in [1.165, 1.54) is 25.4 Å². The molecule has 2 atom stereocenters. The highest BCUT2D eigenvalue weighted by molar-refractivity contribution is 7.89. The molecule has 0 aromatic heterocycles. The first kappa shape index (κ1) is 20.9. The zero-order valence-corrected chi connectivity index (χ0v) is 17.9. The summed E-state index contributed by atoms with van der Waals surface area (Å²) in [6.07, 6.45) is 3.64. The van der Waals surface area contributed by atoms with Crippen molar-refractivity contribution in [3.8, 4) is 5.75 Å². The Morgan fingerprint density at radius 1 is 0.871 bits per heavy atom. The number of hydrogen-bond acceptors (Lipinski definition) is 4. The minimum atomic E-state index is -4.03. The van der Waals surface area contributed by atoms with Crippen LogP contribution in [0, 0.1) is 5.92 Å². The number of ether oxygens (including phenoxy) is 1. The van der Waals surface area contributed by atoms with Crippen molar-refractivity contribution in [1.29, 1.82) is 0 Å². The molecule has 6 heteroatoms. The maximum absolute atomic E-state index is 13.5. The van der Waals surface area contributed by atoms with Crippen molar-refractivity contribution in [1.82, 2.24) is 4.31 Å². The predicted octanol–water partition coefficient (Wildman–Crippen LogP) is 4.38. The molecule has 31 heavy (non-hydrogen) atoms. The number of hydrogen-bond donors (Lipinski definition) is 0. The average Bonchev–Trinajstić information content (AvgIpc) is 2.81. The minimum absolute atomic E-state index is 0.0444. The summed E-state index contributed by atoms with van der Waals surface area (Å²) in [6, 6.07) is 25.4. The molecule has 0 saturated heterocycles. The smallest absolute Gasteiger partial charge is 0.270 e. The van der Waals surface area contributed by atoms with Crippen LogP contribution in [0.4, 0.5) is 0 Å². The van der Waals surface area contributed by atoms with Gasteiger partial charge in [-0.05, 0) is 41.8 Å². The summed E-state index contributed by atoms with van der Waals surface area (Å²) in [6.45, 7) is 0. The van der Waals surface area contributed by atoms with Gasteiger partial charge in [0.1, 0.15) is 5.75 Å². The van der Waals surface area contributed by atoms with Gasteiger partial charge in [0.05, 0.1) is 17.9 Å². The number of nitrogens with zero attached hydrogens (tertiary/aromatic N) is 1. The van der Waals surface area contributed by atoms with Gasteiger partial charge >= 0.3 is 0 Å². The lowest BCUT2D eigenvalue weighted by molar-refractivity contribution is -0.129. The lowest BCUT2D eigenvalue weighted by Crippen LogP contribution is -2.42. The summed E-state index contributed by atoms with van der Waals surface area (Å²) in [5.41, 5.74) is 1.97. The topological polar surface area (TPSA) is 63.7 Å². The Morgan fingerprint density at radius 2 is 1.48 bits per heavy atom. The third-order valence-electron chi connectivity index (χ3n) is 5.50. The number of rotatable bonds is 6. The maximum Gasteiger partial charge on any atom is 0.270 e. The van der Waals surface area contributed by atoms with E-state index in [2.05, 4.69) is 0 Å². The van der Waals surface area contributed by atoms with Crippen LogP contribution in [0.2, 0.25) is 0 Å². The molecular weight excluding hydrogens is 410 g/mol. The van der Waals surface area contributed by atoms with Crippen LogP contribution in [-0.4, -0.2) is 25.7 Å². The average molecular weight is 434 g/mol. The maximum atomic E-state index is 13.5. The Hall–Kier alpha value is -3.38. The van der Waals surface area contributed by atoms with Crippen molar-refractivity contribution in [2.45, 2.75) is 17.2 Å². The number of carbonyl (C=O) groups excluding carboxylic acids is 1. The van der Waals surface area contributed by atoms with Gasteiger partial charge in [-0.1, -0.05) is 66.7 Å². The van der Waals surface area contributed by atoms with Gasteiger partial charge in [0, 0.05) is 12.1 Å². The number of methoxy groups -OCH3 is 1. The van der Waals surface area contributed by atoms with Crippen LogP contribution in [0.5, 0.6) is 5.75 Å². The second-order valence-corrected chi connectivity index (χ2v) is 9.20. The van der Waals surface area contributed by atoms with Crippen LogP contribution >= 0.6 is 0 Å². The van der Waals surface area contributed by atoms with Crippen LogP contribution in [0.25, 0.3) is 0 Å². The van der Waals surface area contributed by atoms with Gasteiger partial charge in [-0.25, -0.2) is 12.7 Å². The second kappa shape index (κ2) is 8.78. The first-order chi connectivity index (χ1) is 15.0. The second-order valence-electron chi connectivity index (χ2n) is 7.39. The standard InChI is InChI=1S/C25H23NO4S/c1-30-21-12-14-22(15-13-21)31(28,29)26-17-16-23(20-10-6-3-7-11-20)24(25(26)27)18-19-8-4-2-5-9-19/h2-17,23-24H,18H2,1H3/t23-,24+/m0/s1. The molecule has 0 spiro atoms. The summed E-state index contributed by atoms with van der Waals surface area (Å²) < 4.78 is 32.5. The largest absolute Gasteiger partial charge is 0.497 e. The molecule has 1 heterocycles. The highest BCUT2D eigenvalue weighted by Gasteiger charge is 2.39. The summed E-state index contributed by atoms with van der Waals surface area (Å²) in [4.78, 5) is 13.6. The van der Waals surface area contributed by atoms with Crippen LogP contribution in [0.1, 0.15) is 17.0 Å². The van der Waals surface area contributed by atoms with Gasteiger partial charge in [-0.3, -0.25) is 4.79 Å². The van der Waals surface area contributed by atoms with E-state index in [9.17, 15) is 13.2 Å². The number of carbonyl (C=O) groups is 1. The van der Waals surface area contributed by atoms with E-state index in [0.29, 0.717) is 12.2 Å². The fraction of sp³-hybridized carbons (Fsp3) is 0.160. The Labute approximate surface area is 182 Å². The van der Waals surface area contributed by atoms with Crippen molar-refractivity contribution < 1.29 is 17.9 Å². The van der Waals surface area contributed by atoms with Gasteiger partial charge < -0.3 is 4.74 Å². The number of amides is 1. The van der Waals surface area contributed by atoms with Gasteiger partial charge in [-0.2, -0.15) is 0 Å². The molecule has 4 rings (SSSR count). The van der Waals surface area contributed by atoms with E-state index in [1.807, 2.05) is 66.7 Å². The summed E-state index contributed by atoms with van der Waals surface area (Å²) >= 11 is 0. The Kier molecular flexibility index (Phi) is 5.91. The number of allylic oxidation sites excluding steroid dienone is 1. The molecule has 0 saturated carbocycles. The first-order valence-electron chi connectivity index (χ1n) is 10.0. The Morgan fingerprint density at radius 3 is 2.10 bits per heavy atom. The lowest BCUT2D eigenvalue weighted by atomic mass is 9.80. The molecule has 1 aliphatic rings. The molecule has 0 N–H and O–H groups in total. The molecule has 0 fully saturated rings. The van der Waals surface area contributed by atoms with Crippen LogP contribution in [0.3, 0.4) is 0 Å². The van der Waals surface area contributed by atoms with Crippen molar-refractivity contribution >= 4 is 15.9 Å². The zero-order valence-electron chi connectivity index (χ0n) is 17.1. The first-order valence-corrected chi connectivity index (χ1v) is 11.4. The van der Waals surface area contributed by atoms with Gasteiger partial charge in [0.25, 0.3) is 10.0 Å². The fourth-order valence-electron chi connectivity index (χ4n) is 3.86. The van der Waals surface area contributed by atoms with Crippen molar-refractivity contribution in [3.63, 3.8) is 0 Å². The zero-order chi connectivity index (χ0) is 21.8. The molecule has 0 unspecified atom stereocenters. The minimum Gasteiger partial charge on any atom is -0.497 e. The van der Waals surface area contributed by atoms with E-state index in [4.69, 9.17) is 4.74 Å². The van der Waals surface area contributed by atoms with Crippen LogP contribution < -0.4 is 4.74 Å². The molecule has 0 bridgehead atoms. The van der Waals surface area contributed by atoms with Gasteiger partial charge in [-0.15, -0.1) is 0 Å². The molecule has 5 nitrogen and oxygen atoms in total. The Bertz CT molecular complexity index is 1170. The van der Waals surface area contributed by atoms with Crippen LogP contribution in [-0.2, 0) is 21.2 Å². The quantitative estimate of drug-likeness (QED) is 0.579. The molecule has 1 aliphatic heterocycles. The molecule has 0 radical (unpaired) electrons. The van der Waals surface area contributed by atoms with Gasteiger partial charge in [0.2, 0.25) is 5.91 Å². The predicted molar refractivity (Wildman–Crippen MR) is 119 cm³/mol. The van der Waals surface area contributed by atoms with E-state index in [0.717, 1.165) is 15.4 Å². The molecular formula is C25H23NO4S. The van der Waals surface area contributed by atoms with E-state index in [1.54, 1.807) is 12.1 Å². The van der Waals surface area contributed by atoms with Crippen molar-refractivity contribution in [3.05, 3.63) is 108 Å². The fourth-order valence-corrected chi connectivity index (χ4v) is 5.17. The van der Waals surface area contributed by atoms with Crippen molar-refractivity contribution in [2.24, 2.45) is 5.92 Å². The normalized spacial score (nSPS) is 18.7. The Balaban J connectivity index is 1.72. The monoisotopic (exact) mass is 433 g/mol. The molecule has 158 valence electrons.